The van der Waals surface area contributed by atoms with Crippen molar-refractivity contribution >= 4 is 11.8 Å². The van der Waals surface area contributed by atoms with Gasteiger partial charge in [0, 0.05) is 12.8 Å². The van der Waals surface area contributed by atoms with Crippen LogP contribution in [0.15, 0.2) is 23.4 Å². The molecule has 0 unspecified atom stereocenters. The molecule has 0 spiro atoms. The van der Waals surface area contributed by atoms with Crippen LogP contribution < -0.4 is 0 Å². The second kappa shape index (κ2) is 4.65. The van der Waals surface area contributed by atoms with E-state index in [1.54, 1.807) is 16.4 Å². The van der Waals surface area contributed by atoms with Crippen molar-refractivity contribution in [2.45, 2.75) is 24.8 Å². The lowest BCUT2D eigenvalue weighted by Gasteiger charge is -2.03. The highest BCUT2D eigenvalue weighted by Gasteiger charge is 2.03. The smallest absolute Gasteiger partial charge is 0.209 e. The van der Waals surface area contributed by atoms with Crippen molar-refractivity contribution in [2.24, 2.45) is 7.05 Å². The number of thioether (sulfide) groups is 1. The van der Waals surface area contributed by atoms with Gasteiger partial charge in [-0.2, -0.15) is 0 Å². The van der Waals surface area contributed by atoms with Gasteiger partial charge in [-0.3, -0.25) is 0 Å². The highest BCUT2D eigenvalue weighted by atomic mass is 32.2. The Bertz CT molecular complexity index is 472. The van der Waals surface area contributed by atoms with Crippen LogP contribution in [0.5, 0.6) is 0 Å². The monoisotopic (exact) mass is 234 g/mol. The summed E-state index contributed by atoms with van der Waals surface area (Å²) in [5.41, 5.74) is 3.91. The molecule has 0 atom stereocenters. The van der Waals surface area contributed by atoms with Crippen LogP contribution in [0.4, 0.5) is 0 Å². The molecule has 84 valence electrons. The molecule has 1 aromatic carbocycles. The summed E-state index contributed by atoms with van der Waals surface area (Å²) in [6.45, 7) is 4.23. The molecule has 16 heavy (non-hydrogen) atoms. The van der Waals surface area contributed by atoms with Gasteiger partial charge in [0.1, 0.15) is 0 Å². The van der Waals surface area contributed by atoms with E-state index in [0.717, 1.165) is 10.9 Å². The Hall–Kier alpha value is -1.36. The average Bonchev–Trinajstić information content (AvgIpc) is 2.59. The number of aryl methyl sites for hydroxylation is 3. The van der Waals surface area contributed by atoms with Gasteiger partial charge in [0.05, 0.1) is 0 Å². The van der Waals surface area contributed by atoms with E-state index in [2.05, 4.69) is 47.6 Å². The molecular weight excluding hydrogens is 220 g/mol. The Morgan fingerprint density at radius 1 is 1.19 bits per heavy atom. The third-order valence-corrected chi connectivity index (χ3v) is 3.31. The zero-order valence-corrected chi connectivity index (χ0v) is 10.5. The van der Waals surface area contributed by atoms with E-state index in [4.69, 9.17) is 0 Å². The number of nitrogens with zero attached hydrogens (tertiary/aromatic N) is 4. The van der Waals surface area contributed by atoms with Crippen molar-refractivity contribution in [1.29, 1.82) is 0 Å². The molecular formula is C11H14N4S. The van der Waals surface area contributed by atoms with Crippen LogP contribution in [0.2, 0.25) is 0 Å². The van der Waals surface area contributed by atoms with Gasteiger partial charge in [0.25, 0.3) is 0 Å². The maximum Gasteiger partial charge on any atom is 0.209 e. The summed E-state index contributed by atoms with van der Waals surface area (Å²) in [6, 6.07) is 6.58. The maximum absolute atomic E-state index is 3.94. The van der Waals surface area contributed by atoms with Gasteiger partial charge in [-0.1, -0.05) is 41.1 Å². The molecule has 0 aliphatic heterocycles. The standard InChI is InChI=1S/C11H14N4S/c1-8-4-9(2)6-10(5-8)7-16-11-12-13-14-15(11)3/h4-6H,7H2,1-3H3. The molecule has 4 nitrogen and oxygen atoms in total. The molecule has 1 aromatic heterocycles. The van der Waals surface area contributed by atoms with E-state index in [1.807, 2.05) is 7.05 Å². The predicted octanol–water partition coefficient (Wildman–Crippen LogP) is 2.12. The van der Waals surface area contributed by atoms with Gasteiger partial charge < -0.3 is 0 Å². The summed E-state index contributed by atoms with van der Waals surface area (Å²) in [6.07, 6.45) is 0. The van der Waals surface area contributed by atoms with Gasteiger partial charge in [-0.25, -0.2) is 4.68 Å². The molecule has 0 aliphatic rings. The van der Waals surface area contributed by atoms with Gasteiger partial charge in [0.2, 0.25) is 5.16 Å². The van der Waals surface area contributed by atoms with E-state index < -0.39 is 0 Å². The fourth-order valence-electron chi connectivity index (χ4n) is 1.64. The van der Waals surface area contributed by atoms with Crippen LogP contribution in [0.1, 0.15) is 16.7 Å². The first kappa shape index (κ1) is 11.1. The van der Waals surface area contributed by atoms with Crippen LogP contribution in [0.25, 0.3) is 0 Å². The lowest BCUT2D eigenvalue weighted by atomic mass is 10.1. The molecule has 0 bridgehead atoms. The van der Waals surface area contributed by atoms with Crippen molar-refractivity contribution in [1.82, 2.24) is 20.2 Å². The summed E-state index contributed by atoms with van der Waals surface area (Å²) < 4.78 is 1.69. The third kappa shape index (κ3) is 2.61. The van der Waals surface area contributed by atoms with Gasteiger partial charge in [0.15, 0.2) is 0 Å². The largest absolute Gasteiger partial charge is 0.224 e. The lowest BCUT2D eigenvalue weighted by molar-refractivity contribution is 0.664. The highest BCUT2D eigenvalue weighted by molar-refractivity contribution is 7.98. The van der Waals surface area contributed by atoms with Crippen molar-refractivity contribution in [3.05, 3.63) is 34.9 Å². The molecule has 2 rings (SSSR count). The van der Waals surface area contributed by atoms with E-state index >= 15 is 0 Å². The Kier molecular flexibility index (Phi) is 3.24. The predicted molar refractivity (Wildman–Crippen MR) is 64.3 cm³/mol. The second-order valence-corrected chi connectivity index (χ2v) is 4.81. The molecule has 0 amide bonds. The molecule has 0 saturated heterocycles. The summed E-state index contributed by atoms with van der Waals surface area (Å²) in [4.78, 5) is 0. The summed E-state index contributed by atoms with van der Waals surface area (Å²) in [7, 11) is 1.85. The first-order chi connectivity index (χ1) is 7.65. The number of benzene rings is 1. The number of rotatable bonds is 3. The third-order valence-electron chi connectivity index (χ3n) is 2.23. The van der Waals surface area contributed by atoms with Crippen LogP contribution in [0.3, 0.4) is 0 Å². The fraction of sp³-hybridized carbons (Fsp3) is 0.364. The van der Waals surface area contributed by atoms with Crippen LogP contribution in [-0.2, 0) is 12.8 Å². The quantitative estimate of drug-likeness (QED) is 0.763. The summed E-state index contributed by atoms with van der Waals surface area (Å²) >= 11 is 1.65. The fourth-order valence-corrected chi connectivity index (χ4v) is 2.42. The highest BCUT2D eigenvalue weighted by Crippen LogP contribution is 2.20. The molecule has 0 radical (unpaired) electrons. The van der Waals surface area contributed by atoms with E-state index in [0.29, 0.717) is 0 Å². The normalized spacial score (nSPS) is 10.7. The minimum atomic E-state index is 0.846. The maximum atomic E-state index is 3.94. The topological polar surface area (TPSA) is 43.6 Å². The average molecular weight is 234 g/mol. The zero-order chi connectivity index (χ0) is 11.5. The molecule has 5 heteroatoms. The van der Waals surface area contributed by atoms with Crippen molar-refractivity contribution in [2.75, 3.05) is 0 Å². The van der Waals surface area contributed by atoms with Gasteiger partial charge >= 0.3 is 0 Å². The van der Waals surface area contributed by atoms with Gasteiger partial charge in [-0.05, 0) is 29.8 Å². The SMILES string of the molecule is Cc1cc(C)cc(CSc2nnnn2C)c1. The Morgan fingerprint density at radius 3 is 2.44 bits per heavy atom. The molecule has 0 N–H and O–H groups in total. The molecule has 0 saturated carbocycles. The molecule has 2 aromatic rings. The lowest BCUT2D eigenvalue weighted by Crippen LogP contribution is -1.93. The van der Waals surface area contributed by atoms with Crippen LogP contribution in [-0.4, -0.2) is 20.2 Å². The Labute approximate surface area is 99.1 Å². The molecule has 0 aliphatic carbocycles. The van der Waals surface area contributed by atoms with E-state index in [-0.39, 0.29) is 0 Å². The summed E-state index contributed by atoms with van der Waals surface area (Å²) in [5.74, 6) is 0.900. The summed E-state index contributed by atoms with van der Waals surface area (Å²) in [5, 5.41) is 12.2. The Morgan fingerprint density at radius 2 is 1.88 bits per heavy atom. The molecule has 1 heterocycles. The van der Waals surface area contributed by atoms with Crippen molar-refractivity contribution in [3.63, 3.8) is 0 Å². The van der Waals surface area contributed by atoms with Crippen LogP contribution >= 0.6 is 11.8 Å². The number of aromatic nitrogens is 4. The van der Waals surface area contributed by atoms with E-state index in [9.17, 15) is 0 Å². The minimum Gasteiger partial charge on any atom is -0.224 e. The number of hydrogen-bond acceptors (Lipinski definition) is 4. The zero-order valence-electron chi connectivity index (χ0n) is 9.64. The number of hydrogen-bond donors (Lipinski definition) is 0. The van der Waals surface area contributed by atoms with Crippen molar-refractivity contribution < 1.29 is 0 Å². The minimum absolute atomic E-state index is 0.846. The second-order valence-electron chi connectivity index (χ2n) is 3.87. The first-order valence-corrected chi connectivity index (χ1v) is 6.06. The first-order valence-electron chi connectivity index (χ1n) is 5.07. The number of tetrazole rings is 1. The Balaban J connectivity index is 2.07. The van der Waals surface area contributed by atoms with E-state index in [1.165, 1.54) is 16.7 Å². The molecule has 0 fully saturated rings. The van der Waals surface area contributed by atoms with Crippen LogP contribution in [0, 0.1) is 13.8 Å². The van der Waals surface area contributed by atoms with Crippen molar-refractivity contribution in [3.8, 4) is 0 Å². The van der Waals surface area contributed by atoms with Gasteiger partial charge in [-0.15, -0.1) is 5.10 Å².